The molecule has 0 bridgehead atoms. The fourth-order valence-electron chi connectivity index (χ4n) is 3.82. The summed E-state index contributed by atoms with van der Waals surface area (Å²) in [6.45, 7) is 9.60. The molecule has 3 rings (SSSR count). The van der Waals surface area contributed by atoms with Gasteiger partial charge in [0.25, 0.3) is 0 Å². The molecule has 1 fully saturated rings. The number of aryl methyl sites for hydroxylation is 1. The maximum atomic E-state index is 9.20. The van der Waals surface area contributed by atoms with Crippen molar-refractivity contribution in [2.24, 2.45) is 0 Å². The monoisotopic (exact) mass is 343 g/mol. The predicted molar refractivity (Wildman–Crippen MR) is 98.8 cm³/mol. The van der Waals surface area contributed by atoms with Crippen molar-refractivity contribution in [1.82, 2.24) is 14.7 Å². The van der Waals surface area contributed by atoms with Crippen molar-refractivity contribution in [3.05, 3.63) is 46.8 Å². The molecule has 2 aromatic rings. The number of ether oxygens (including phenoxy) is 1. The second-order valence-corrected chi connectivity index (χ2v) is 6.73. The first-order chi connectivity index (χ1) is 12.1. The largest absolute Gasteiger partial charge is 0.494 e. The smallest absolute Gasteiger partial charge is 0.119 e. The Hall–Kier alpha value is -1.85. The third-order valence-electron chi connectivity index (χ3n) is 5.14. The van der Waals surface area contributed by atoms with Crippen LogP contribution in [0.2, 0.25) is 0 Å². The molecule has 2 heterocycles. The zero-order valence-corrected chi connectivity index (χ0v) is 15.5. The average Bonchev–Trinajstić information content (AvgIpc) is 3.17. The number of benzene rings is 1. The molecule has 25 heavy (non-hydrogen) atoms. The van der Waals surface area contributed by atoms with Crippen LogP contribution in [-0.2, 0) is 13.1 Å². The summed E-state index contributed by atoms with van der Waals surface area (Å²) in [5, 5.41) is 13.8. The normalized spacial score (nSPS) is 18.0. The van der Waals surface area contributed by atoms with Crippen LogP contribution in [0.4, 0.5) is 0 Å². The lowest BCUT2D eigenvalue weighted by Crippen LogP contribution is -2.23. The Morgan fingerprint density at radius 3 is 2.68 bits per heavy atom. The number of likely N-dealkylation sites (tertiary alicyclic amines) is 1. The number of aromatic nitrogens is 2. The standard InChI is InChI=1S/C20H29N3O2/c1-4-25-18-9-7-17(8-10-18)20-6-5-11-22(20)14-19-15(2)21-23(12-13-24)16(19)3/h7-10,20,24H,4-6,11-14H2,1-3H3. The van der Waals surface area contributed by atoms with Crippen molar-refractivity contribution in [1.29, 1.82) is 0 Å². The summed E-state index contributed by atoms with van der Waals surface area (Å²) in [6.07, 6.45) is 2.41. The lowest BCUT2D eigenvalue weighted by atomic mass is 10.0. The lowest BCUT2D eigenvalue weighted by Gasteiger charge is -2.25. The molecule has 136 valence electrons. The Morgan fingerprint density at radius 2 is 2.00 bits per heavy atom. The van der Waals surface area contributed by atoms with Gasteiger partial charge in [0.15, 0.2) is 0 Å². The van der Waals surface area contributed by atoms with Crippen LogP contribution in [0.15, 0.2) is 24.3 Å². The molecule has 1 saturated heterocycles. The lowest BCUT2D eigenvalue weighted by molar-refractivity contribution is 0.246. The number of nitrogens with zero attached hydrogens (tertiary/aromatic N) is 3. The molecule has 1 aromatic carbocycles. The first kappa shape index (κ1) is 18.0. The van der Waals surface area contributed by atoms with Gasteiger partial charge in [0, 0.05) is 23.8 Å². The number of hydrogen-bond donors (Lipinski definition) is 1. The molecular weight excluding hydrogens is 314 g/mol. The van der Waals surface area contributed by atoms with Gasteiger partial charge < -0.3 is 9.84 Å². The minimum Gasteiger partial charge on any atom is -0.494 e. The van der Waals surface area contributed by atoms with E-state index in [2.05, 4.69) is 48.1 Å². The molecule has 1 aliphatic rings. The van der Waals surface area contributed by atoms with Gasteiger partial charge in [-0.15, -0.1) is 0 Å². The SMILES string of the molecule is CCOc1ccc(C2CCCN2Cc2c(C)nn(CCO)c2C)cc1. The Labute approximate surface area is 150 Å². The van der Waals surface area contributed by atoms with Crippen LogP contribution >= 0.6 is 0 Å². The van der Waals surface area contributed by atoms with E-state index in [1.54, 1.807) is 0 Å². The van der Waals surface area contributed by atoms with Crippen molar-refractivity contribution >= 4 is 0 Å². The van der Waals surface area contributed by atoms with Gasteiger partial charge in [-0.25, -0.2) is 0 Å². The van der Waals surface area contributed by atoms with Crippen LogP contribution in [0.3, 0.4) is 0 Å². The van der Waals surface area contributed by atoms with E-state index in [9.17, 15) is 5.11 Å². The quantitative estimate of drug-likeness (QED) is 0.838. The number of rotatable bonds is 7. The summed E-state index contributed by atoms with van der Waals surface area (Å²) in [4.78, 5) is 2.55. The zero-order chi connectivity index (χ0) is 17.8. The van der Waals surface area contributed by atoms with Gasteiger partial charge in [-0.05, 0) is 57.9 Å². The molecule has 5 nitrogen and oxygen atoms in total. The van der Waals surface area contributed by atoms with Crippen molar-refractivity contribution in [2.45, 2.75) is 52.7 Å². The van der Waals surface area contributed by atoms with Gasteiger partial charge in [0.2, 0.25) is 0 Å². The molecule has 1 atom stereocenters. The average molecular weight is 343 g/mol. The molecule has 1 aromatic heterocycles. The Kier molecular flexibility index (Phi) is 5.76. The highest BCUT2D eigenvalue weighted by Crippen LogP contribution is 2.34. The zero-order valence-electron chi connectivity index (χ0n) is 15.5. The van der Waals surface area contributed by atoms with Gasteiger partial charge in [-0.1, -0.05) is 12.1 Å². The third kappa shape index (κ3) is 3.88. The second kappa shape index (κ2) is 8.02. The molecule has 1 aliphatic heterocycles. The predicted octanol–water partition coefficient (Wildman–Crippen LogP) is 3.23. The molecule has 0 saturated carbocycles. The fourth-order valence-corrected chi connectivity index (χ4v) is 3.82. The molecular formula is C20H29N3O2. The van der Waals surface area contributed by atoms with Crippen LogP contribution in [0.5, 0.6) is 5.75 Å². The van der Waals surface area contributed by atoms with E-state index in [0.29, 0.717) is 19.2 Å². The van der Waals surface area contributed by atoms with E-state index in [-0.39, 0.29) is 6.61 Å². The van der Waals surface area contributed by atoms with E-state index in [0.717, 1.165) is 24.5 Å². The van der Waals surface area contributed by atoms with Crippen LogP contribution < -0.4 is 4.74 Å². The Bertz CT molecular complexity index is 694. The minimum absolute atomic E-state index is 0.125. The van der Waals surface area contributed by atoms with E-state index in [4.69, 9.17) is 4.74 Å². The van der Waals surface area contributed by atoms with E-state index >= 15 is 0 Å². The van der Waals surface area contributed by atoms with Gasteiger partial charge in [0.05, 0.1) is 25.5 Å². The van der Waals surface area contributed by atoms with Crippen molar-refractivity contribution in [3.8, 4) is 5.75 Å². The van der Waals surface area contributed by atoms with Crippen molar-refractivity contribution in [3.63, 3.8) is 0 Å². The summed E-state index contributed by atoms with van der Waals surface area (Å²) in [5.41, 5.74) is 4.90. The highest BCUT2D eigenvalue weighted by Gasteiger charge is 2.27. The van der Waals surface area contributed by atoms with Gasteiger partial charge >= 0.3 is 0 Å². The summed E-state index contributed by atoms with van der Waals surface area (Å²) in [5.74, 6) is 0.938. The third-order valence-corrected chi connectivity index (χ3v) is 5.14. The van der Waals surface area contributed by atoms with Crippen LogP contribution in [-0.4, -0.2) is 39.5 Å². The highest BCUT2D eigenvalue weighted by molar-refractivity contribution is 5.30. The number of aliphatic hydroxyl groups is 1. The van der Waals surface area contributed by atoms with Gasteiger partial charge in [-0.2, -0.15) is 5.10 Å². The van der Waals surface area contributed by atoms with Crippen LogP contribution in [0, 0.1) is 13.8 Å². The summed E-state index contributed by atoms with van der Waals surface area (Å²) in [7, 11) is 0. The Balaban J connectivity index is 1.76. The van der Waals surface area contributed by atoms with Crippen molar-refractivity contribution < 1.29 is 9.84 Å². The first-order valence-corrected chi connectivity index (χ1v) is 9.24. The first-order valence-electron chi connectivity index (χ1n) is 9.24. The fraction of sp³-hybridized carbons (Fsp3) is 0.550. The molecule has 1 N–H and O–H groups in total. The molecule has 1 unspecified atom stereocenters. The van der Waals surface area contributed by atoms with E-state index in [1.165, 1.54) is 29.7 Å². The van der Waals surface area contributed by atoms with Crippen molar-refractivity contribution in [2.75, 3.05) is 19.8 Å². The number of hydrogen-bond acceptors (Lipinski definition) is 4. The molecule has 0 radical (unpaired) electrons. The van der Waals surface area contributed by atoms with Crippen LogP contribution in [0.25, 0.3) is 0 Å². The molecule has 0 amide bonds. The summed E-state index contributed by atoms with van der Waals surface area (Å²) >= 11 is 0. The van der Waals surface area contributed by atoms with Gasteiger partial charge in [-0.3, -0.25) is 9.58 Å². The topological polar surface area (TPSA) is 50.5 Å². The molecule has 0 spiro atoms. The van der Waals surface area contributed by atoms with E-state index < -0.39 is 0 Å². The number of aliphatic hydroxyl groups excluding tert-OH is 1. The summed E-state index contributed by atoms with van der Waals surface area (Å²) < 4.78 is 7.48. The van der Waals surface area contributed by atoms with Crippen LogP contribution in [0.1, 0.15) is 48.3 Å². The minimum atomic E-state index is 0.125. The Morgan fingerprint density at radius 1 is 1.24 bits per heavy atom. The highest BCUT2D eigenvalue weighted by atomic mass is 16.5. The molecule has 5 heteroatoms. The van der Waals surface area contributed by atoms with E-state index in [1.807, 2.05) is 11.6 Å². The summed E-state index contributed by atoms with van der Waals surface area (Å²) in [6, 6.07) is 9.00. The maximum absolute atomic E-state index is 9.20. The van der Waals surface area contributed by atoms with Gasteiger partial charge in [0.1, 0.15) is 5.75 Å². The maximum Gasteiger partial charge on any atom is 0.119 e. The second-order valence-electron chi connectivity index (χ2n) is 6.73. The molecule has 0 aliphatic carbocycles.